The highest BCUT2D eigenvalue weighted by molar-refractivity contribution is 6.14. The maximum absolute atomic E-state index is 14.4. The van der Waals surface area contributed by atoms with Crippen molar-refractivity contribution in [2.45, 2.75) is 25.3 Å². The first-order valence-corrected chi connectivity index (χ1v) is 12.9. The lowest BCUT2D eigenvalue weighted by atomic mass is 9.63. The van der Waals surface area contributed by atoms with Crippen molar-refractivity contribution < 1.29 is 9.59 Å². The Balaban J connectivity index is 1.68. The van der Waals surface area contributed by atoms with Gasteiger partial charge in [0, 0.05) is 5.92 Å². The highest BCUT2D eigenvalue weighted by Gasteiger charge is 2.70. The normalized spacial score (nSPS) is 21.8. The highest BCUT2D eigenvalue weighted by atomic mass is 16.2. The molecule has 3 nitrogen and oxygen atoms in total. The summed E-state index contributed by atoms with van der Waals surface area (Å²) >= 11 is 0. The number of ketones is 1. The molecule has 3 heteroatoms. The van der Waals surface area contributed by atoms with Gasteiger partial charge in [0.1, 0.15) is 11.2 Å². The summed E-state index contributed by atoms with van der Waals surface area (Å²) in [6.45, 7) is 1.59. The molecule has 1 saturated heterocycles. The standard InChI is InChI=1S/C34H29NO2/c1-24(36)33-29(31(25-14-6-2-7-15-25)26-16-8-3-9-17-26)22-23-30(33)34(35-32(33)37,27-18-10-4-11-19-27)28-20-12-5-13-21-28/h2-21,30H,22-23H2,1H3,(H,35,37)/t30-,33+/m1/s1. The van der Waals surface area contributed by atoms with Gasteiger partial charge in [-0.15, -0.1) is 0 Å². The third-order valence-electron chi connectivity index (χ3n) is 8.31. The first-order valence-electron chi connectivity index (χ1n) is 12.9. The second-order valence-corrected chi connectivity index (χ2v) is 10.0. The Bertz CT molecular complexity index is 1400. The Morgan fingerprint density at radius 3 is 1.57 bits per heavy atom. The molecular weight excluding hydrogens is 454 g/mol. The van der Waals surface area contributed by atoms with E-state index in [0.29, 0.717) is 6.42 Å². The molecule has 4 aromatic rings. The van der Waals surface area contributed by atoms with Crippen molar-refractivity contribution in [3.8, 4) is 0 Å². The van der Waals surface area contributed by atoms with Gasteiger partial charge in [0.15, 0.2) is 0 Å². The van der Waals surface area contributed by atoms with Gasteiger partial charge in [0.25, 0.3) is 0 Å². The van der Waals surface area contributed by atoms with E-state index in [0.717, 1.165) is 39.8 Å². The van der Waals surface area contributed by atoms with Gasteiger partial charge in [0.2, 0.25) is 5.91 Å². The van der Waals surface area contributed by atoms with E-state index in [1.165, 1.54) is 0 Å². The topological polar surface area (TPSA) is 46.2 Å². The van der Waals surface area contributed by atoms with Crippen LogP contribution in [0.25, 0.3) is 5.57 Å². The summed E-state index contributed by atoms with van der Waals surface area (Å²) in [5, 5.41) is 3.42. The zero-order valence-corrected chi connectivity index (χ0v) is 20.9. The molecule has 0 bridgehead atoms. The molecule has 0 radical (unpaired) electrons. The summed E-state index contributed by atoms with van der Waals surface area (Å²) in [7, 11) is 0. The van der Waals surface area contributed by atoms with E-state index >= 15 is 0 Å². The second-order valence-electron chi connectivity index (χ2n) is 10.0. The lowest BCUT2D eigenvalue weighted by Crippen LogP contribution is -2.44. The number of amides is 1. The van der Waals surface area contributed by atoms with E-state index in [2.05, 4.69) is 53.8 Å². The minimum Gasteiger partial charge on any atom is -0.341 e. The summed E-state index contributed by atoms with van der Waals surface area (Å²) in [5.74, 6) is -0.553. The van der Waals surface area contributed by atoms with Crippen molar-refractivity contribution >= 4 is 17.3 Å². The van der Waals surface area contributed by atoms with Crippen LogP contribution in [0.3, 0.4) is 0 Å². The minimum absolute atomic E-state index is 0.0967. The van der Waals surface area contributed by atoms with Crippen molar-refractivity contribution in [3.63, 3.8) is 0 Å². The van der Waals surface area contributed by atoms with Gasteiger partial charge in [-0.2, -0.15) is 0 Å². The van der Waals surface area contributed by atoms with Crippen LogP contribution in [0.5, 0.6) is 0 Å². The fourth-order valence-corrected chi connectivity index (χ4v) is 6.89. The first kappa shape index (κ1) is 23.2. The predicted molar refractivity (Wildman–Crippen MR) is 147 cm³/mol. The number of carbonyl (C=O) groups excluding carboxylic acids is 2. The number of hydrogen-bond donors (Lipinski definition) is 1. The Hall–Kier alpha value is -4.24. The van der Waals surface area contributed by atoms with Crippen molar-refractivity contribution in [3.05, 3.63) is 149 Å². The van der Waals surface area contributed by atoms with Gasteiger partial charge in [-0.1, -0.05) is 121 Å². The van der Waals surface area contributed by atoms with Crippen molar-refractivity contribution in [2.75, 3.05) is 0 Å². The van der Waals surface area contributed by atoms with Crippen LogP contribution in [0.1, 0.15) is 42.0 Å². The quantitative estimate of drug-likeness (QED) is 0.327. The summed E-state index contributed by atoms with van der Waals surface area (Å²) in [5.41, 5.74) is 3.91. The molecule has 37 heavy (non-hydrogen) atoms. The largest absolute Gasteiger partial charge is 0.341 e. The van der Waals surface area contributed by atoms with Crippen LogP contribution < -0.4 is 5.32 Å². The van der Waals surface area contributed by atoms with Crippen LogP contribution in [0, 0.1) is 11.3 Å². The molecule has 6 rings (SSSR count). The van der Waals surface area contributed by atoms with E-state index < -0.39 is 11.0 Å². The Kier molecular flexibility index (Phi) is 5.64. The van der Waals surface area contributed by atoms with Crippen molar-refractivity contribution in [1.29, 1.82) is 0 Å². The summed E-state index contributed by atoms with van der Waals surface area (Å²) in [4.78, 5) is 28.3. The molecule has 1 N–H and O–H groups in total. The van der Waals surface area contributed by atoms with E-state index in [-0.39, 0.29) is 17.6 Å². The Morgan fingerprint density at radius 1 is 0.703 bits per heavy atom. The molecule has 0 aromatic heterocycles. The number of nitrogens with one attached hydrogen (secondary N) is 1. The van der Waals surface area contributed by atoms with Crippen LogP contribution >= 0.6 is 0 Å². The Labute approximate surface area is 217 Å². The molecular formula is C34H29NO2. The molecule has 0 spiro atoms. The molecule has 0 unspecified atom stereocenters. The highest BCUT2D eigenvalue weighted by Crippen LogP contribution is 2.63. The SMILES string of the molecule is CC(=O)[C@@]12C(=O)NC(c3ccccc3)(c3ccccc3)[C@@H]1CCC2=C(c1ccccc1)c1ccccc1. The molecule has 1 aliphatic carbocycles. The molecule has 182 valence electrons. The fourth-order valence-electron chi connectivity index (χ4n) is 6.89. The van der Waals surface area contributed by atoms with Gasteiger partial charge >= 0.3 is 0 Å². The molecule has 2 aliphatic rings. The van der Waals surface area contributed by atoms with Crippen molar-refractivity contribution in [1.82, 2.24) is 5.32 Å². The maximum Gasteiger partial charge on any atom is 0.239 e. The fraction of sp³-hybridized carbons (Fsp3) is 0.176. The molecule has 1 saturated carbocycles. The molecule has 1 amide bonds. The van der Waals surface area contributed by atoms with Crippen LogP contribution in [-0.4, -0.2) is 11.7 Å². The van der Waals surface area contributed by atoms with Gasteiger partial charge < -0.3 is 5.32 Å². The zero-order valence-electron chi connectivity index (χ0n) is 20.9. The van der Waals surface area contributed by atoms with Crippen LogP contribution in [0.15, 0.2) is 127 Å². The number of Topliss-reactive ketones (excluding diaryl/α,β-unsaturated/α-hetero) is 1. The van der Waals surface area contributed by atoms with Crippen molar-refractivity contribution in [2.24, 2.45) is 11.3 Å². The average molecular weight is 484 g/mol. The van der Waals surface area contributed by atoms with Gasteiger partial charge in [-0.3, -0.25) is 9.59 Å². The van der Waals surface area contributed by atoms with Gasteiger partial charge in [0.05, 0.1) is 5.54 Å². The third kappa shape index (κ3) is 3.34. The molecule has 4 aromatic carbocycles. The average Bonchev–Trinajstić information content (AvgIpc) is 3.47. The predicted octanol–water partition coefficient (Wildman–Crippen LogP) is 6.55. The maximum atomic E-state index is 14.4. The van der Waals surface area contributed by atoms with Crippen LogP contribution in [0.4, 0.5) is 0 Å². The van der Waals surface area contributed by atoms with Crippen LogP contribution in [0.2, 0.25) is 0 Å². The summed E-state index contributed by atoms with van der Waals surface area (Å²) < 4.78 is 0. The second kappa shape index (κ2) is 9.01. The zero-order chi connectivity index (χ0) is 25.5. The monoisotopic (exact) mass is 483 g/mol. The van der Waals surface area contributed by atoms with E-state index in [4.69, 9.17) is 0 Å². The van der Waals surface area contributed by atoms with E-state index in [1.807, 2.05) is 72.8 Å². The van der Waals surface area contributed by atoms with Crippen LogP contribution in [-0.2, 0) is 15.1 Å². The number of carbonyl (C=O) groups is 2. The molecule has 2 fully saturated rings. The number of benzene rings is 4. The third-order valence-corrected chi connectivity index (χ3v) is 8.31. The van der Waals surface area contributed by atoms with E-state index in [1.54, 1.807) is 6.92 Å². The molecule has 1 heterocycles. The summed E-state index contributed by atoms with van der Waals surface area (Å²) in [6, 6.07) is 40.6. The summed E-state index contributed by atoms with van der Waals surface area (Å²) in [6.07, 6.45) is 1.40. The molecule has 2 atom stereocenters. The van der Waals surface area contributed by atoms with Gasteiger partial charge in [-0.05, 0) is 53.2 Å². The number of rotatable bonds is 5. The lowest BCUT2D eigenvalue weighted by Gasteiger charge is -2.38. The number of fused-ring (bicyclic) bond motifs is 1. The smallest absolute Gasteiger partial charge is 0.239 e. The number of hydrogen-bond acceptors (Lipinski definition) is 2. The molecule has 1 aliphatic heterocycles. The van der Waals surface area contributed by atoms with Gasteiger partial charge in [-0.25, -0.2) is 0 Å². The lowest BCUT2D eigenvalue weighted by molar-refractivity contribution is -0.136. The Morgan fingerprint density at radius 2 is 1.14 bits per heavy atom. The first-order chi connectivity index (χ1) is 18.1. The van der Waals surface area contributed by atoms with E-state index in [9.17, 15) is 9.59 Å². The minimum atomic E-state index is -1.26.